The zero-order valence-corrected chi connectivity index (χ0v) is 18.9. The third kappa shape index (κ3) is 4.03. The topological polar surface area (TPSA) is 38.9 Å². The molecule has 0 aliphatic carbocycles. The van der Waals surface area contributed by atoms with Crippen LogP contribution in [-0.2, 0) is 0 Å². The van der Waals surface area contributed by atoms with Crippen molar-refractivity contribution in [2.45, 2.75) is 0 Å². The van der Waals surface area contributed by atoms with Crippen LogP contribution in [0.15, 0.2) is 95.4 Å². The Labute approximate surface area is 200 Å². The van der Waals surface area contributed by atoms with E-state index < -0.39 is 0 Å². The molecule has 32 heavy (non-hydrogen) atoms. The summed E-state index contributed by atoms with van der Waals surface area (Å²) in [6.45, 7) is 0. The summed E-state index contributed by atoms with van der Waals surface area (Å²) in [5, 5.41) is 10.8. The van der Waals surface area contributed by atoms with Crippen LogP contribution in [0.4, 0.5) is 0 Å². The van der Waals surface area contributed by atoms with Crippen molar-refractivity contribution >= 4 is 34.8 Å². The lowest BCUT2D eigenvalue weighted by Gasteiger charge is -2.11. The van der Waals surface area contributed by atoms with Crippen LogP contribution in [-0.4, -0.2) is 10.2 Å². The van der Waals surface area contributed by atoms with Gasteiger partial charge in [-0.15, -0.1) is 10.2 Å². The predicted octanol–water partition coefficient (Wildman–Crippen LogP) is 8.70. The molecule has 0 saturated heterocycles. The van der Waals surface area contributed by atoms with E-state index in [1.807, 2.05) is 91.0 Å². The Hall–Kier alpha value is -3.11. The highest BCUT2D eigenvalue weighted by Crippen LogP contribution is 2.39. The highest BCUT2D eigenvalue weighted by Gasteiger charge is 2.18. The first-order chi connectivity index (χ1) is 15.6. The maximum absolute atomic E-state index is 6.48. The molecule has 0 aliphatic rings. The first-order valence-electron chi connectivity index (χ1n) is 9.84. The molecule has 6 heteroatoms. The molecule has 0 radical (unpaired) electrons. The van der Waals surface area contributed by atoms with E-state index in [4.69, 9.17) is 39.2 Å². The molecule has 0 atom stereocenters. The van der Waals surface area contributed by atoms with Crippen LogP contribution in [0.1, 0.15) is 0 Å². The van der Waals surface area contributed by atoms with E-state index in [0.29, 0.717) is 38.0 Å². The quantitative estimate of drug-likeness (QED) is 0.260. The van der Waals surface area contributed by atoms with Crippen molar-refractivity contribution in [3.63, 3.8) is 0 Å². The molecule has 0 fully saturated rings. The van der Waals surface area contributed by atoms with E-state index in [-0.39, 0.29) is 0 Å². The second-order valence-electron chi connectivity index (χ2n) is 7.13. The van der Waals surface area contributed by atoms with Crippen molar-refractivity contribution in [1.29, 1.82) is 0 Å². The van der Waals surface area contributed by atoms with E-state index in [0.717, 1.165) is 22.3 Å². The number of halogens is 3. The largest absolute Gasteiger partial charge is 0.456 e. The van der Waals surface area contributed by atoms with Gasteiger partial charge in [-0.05, 0) is 42.5 Å². The van der Waals surface area contributed by atoms with Crippen LogP contribution in [0, 0.1) is 0 Å². The molecule has 2 heterocycles. The number of hydrogen-bond acceptors (Lipinski definition) is 3. The van der Waals surface area contributed by atoms with Crippen LogP contribution < -0.4 is 0 Å². The summed E-state index contributed by atoms with van der Waals surface area (Å²) < 4.78 is 6.23. The van der Waals surface area contributed by atoms with E-state index >= 15 is 0 Å². The summed E-state index contributed by atoms with van der Waals surface area (Å²) in [4.78, 5) is 0. The van der Waals surface area contributed by atoms with Gasteiger partial charge in [0, 0.05) is 27.3 Å². The molecular formula is C26H15Cl3N2O. The number of nitrogens with zero attached hydrogens (tertiary/aromatic N) is 2. The third-order valence-corrected chi connectivity index (χ3v) is 5.95. The van der Waals surface area contributed by atoms with Crippen molar-refractivity contribution in [1.82, 2.24) is 10.2 Å². The van der Waals surface area contributed by atoms with Gasteiger partial charge in [-0.1, -0.05) is 83.3 Å². The molecule has 0 N–H and O–H groups in total. The fraction of sp³-hybridized carbons (Fsp3) is 0. The van der Waals surface area contributed by atoms with Crippen molar-refractivity contribution in [3.8, 4) is 45.2 Å². The minimum absolute atomic E-state index is 0.579. The number of furan rings is 1. The van der Waals surface area contributed by atoms with Crippen LogP contribution in [0.2, 0.25) is 15.1 Å². The molecule has 5 aromatic rings. The number of hydrogen-bond donors (Lipinski definition) is 0. The molecule has 0 aliphatic heterocycles. The molecule has 3 nitrogen and oxygen atoms in total. The molecular weight excluding hydrogens is 463 g/mol. The van der Waals surface area contributed by atoms with Gasteiger partial charge in [-0.3, -0.25) is 0 Å². The van der Waals surface area contributed by atoms with Crippen molar-refractivity contribution < 1.29 is 4.42 Å². The van der Waals surface area contributed by atoms with Gasteiger partial charge in [-0.25, -0.2) is 0 Å². The zero-order chi connectivity index (χ0) is 22.1. The van der Waals surface area contributed by atoms with Gasteiger partial charge in [0.1, 0.15) is 17.2 Å². The fourth-order valence-corrected chi connectivity index (χ4v) is 4.16. The van der Waals surface area contributed by atoms with Crippen molar-refractivity contribution in [3.05, 3.63) is 106 Å². The monoisotopic (exact) mass is 476 g/mol. The lowest BCUT2D eigenvalue weighted by molar-refractivity contribution is 0.597. The second kappa shape index (κ2) is 8.79. The standard InChI is InChI=1S/C26H15Cl3N2O/c27-17-7-5-6-16(14-17)24-12-13-25(32-24)20-15-23(18-8-1-3-10-21(18)28)30-31-26(20)19-9-2-4-11-22(19)29/h1-15H. The second-order valence-corrected chi connectivity index (χ2v) is 8.38. The summed E-state index contributed by atoms with van der Waals surface area (Å²) in [7, 11) is 0. The van der Waals surface area contributed by atoms with Gasteiger partial charge in [0.15, 0.2) is 0 Å². The first kappa shape index (κ1) is 20.8. The van der Waals surface area contributed by atoms with Crippen LogP contribution in [0.25, 0.3) is 45.2 Å². The molecule has 5 rings (SSSR count). The zero-order valence-electron chi connectivity index (χ0n) is 16.6. The molecule has 0 amide bonds. The number of benzene rings is 3. The average molecular weight is 478 g/mol. The lowest BCUT2D eigenvalue weighted by Crippen LogP contribution is -1.96. The van der Waals surface area contributed by atoms with E-state index in [1.54, 1.807) is 0 Å². The summed E-state index contributed by atoms with van der Waals surface area (Å²) in [6.07, 6.45) is 0. The summed E-state index contributed by atoms with van der Waals surface area (Å²) in [5.41, 5.74) is 4.46. The Morgan fingerprint density at radius 1 is 0.562 bits per heavy atom. The lowest BCUT2D eigenvalue weighted by atomic mass is 10.0. The highest BCUT2D eigenvalue weighted by atomic mass is 35.5. The van der Waals surface area contributed by atoms with Crippen molar-refractivity contribution in [2.75, 3.05) is 0 Å². The van der Waals surface area contributed by atoms with Crippen molar-refractivity contribution in [2.24, 2.45) is 0 Å². The first-order valence-corrected chi connectivity index (χ1v) is 11.0. The minimum atomic E-state index is 0.579. The average Bonchev–Trinajstić information content (AvgIpc) is 3.30. The van der Waals surface area contributed by atoms with E-state index in [9.17, 15) is 0 Å². The minimum Gasteiger partial charge on any atom is -0.456 e. The summed E-state index contributed by atoms with van der Waals surface area (Å²) in [6, 6.07) is 28.3. The van der Waals surface area contributed by atoms with Gasteiger partial charge in [0.25, 0.3) is 0 Å². The van der Waals surface area contributed by atoms with Gasteiger partial charge in [0.2, 0.25) is 0 Å². The van der Waals surface area contributed by atoms with E-state index in [1.165, 1.54) is 0 Å². The van der Waals surface area contributed by atoms with Gasteiger partial charge >= 0.3 is 0 Å². The van der Waals surface area contributed by atoms with Gasteiger partial charge in [0.05, 0.1) is 15.7 Å². The van der Waals surface area contributed by atoms with Gasteiger partial charge in [-0.2, -0.15) is 0 Å². The Bertz CT molecular complexity index is 1430. The summed E-state index contributed by atoms with van der Waals surface area (Å²) >= 11 is 19.1. The van der Waals surface area contributed by atoms with Gasteiger partial charge < -0.3 is 4.42 Å². The predicted molar refractivity (Wildman–Crippen MR) is 131 cm³/mol. The Kier molecular flexibility index (Phi) is 5.71. The van der Waals surface area contributed by atoms with Crippen LogP contribution in [0.3, 0.4) is 0 Å². The molecule has 0 bridgehead atoms. The van der Waals surface area contributed by atoms with Crippen LogP contribution >= 0.6 is 34.8 Å². The smallest absolute Gasteiger partial charge is 0.137 e. The number of rotatable bonds is 4. The Balaban J connectivity index is 1.69. The maximum atomic E-state index is 6.48. The number of aromatic nitrogens is 2. The third-order valence-electron chi connectivity index (χ3n) is 5.05. The fourth-order valence-electron chi connectivity index (χ4n) is 3.51. The Morgan fingerprint density at radius 2 is 1.25 bits per heavy atom. The molecule has 156 valence electrons. The molecule has 0 unspecified atom stereocenters. The molecule has 2 aromatic heterocycles. The maximum Gasteiger partial charge on any atom is 0.137 e. The molecule has 3 aromatic carbocycles. The van der Waals surface area contributed by atoms with E-state index in [2.05, 4.69) is 10.2 Å². The molecule has 0 saturated carbocycles. The highest BCUT2D eigenvalue weighted by molar-refractivity contribution is 6.34. The SMILES string of the molecule is Clc1cccc(-c2ccc(-c3cc(-c4ccccc4Cl)nnc3-c3ccccc3Cl)o2)c1. The van der Waals surface area contributed by atoms with Crippen LogP contribution in [0.5, 0.6) is 0 Å². The molecule has 0 spiro atoms. The summed E-state index contributed by atoms with van der Waals surface area (Å²) in [5.74, 6) is 1.34. The Morgan fingerprint density at radius 3 is 1.97 bits per heavy atom. The normalized spacial score (nSPS) is 11.0.